The topological polar surface area (TPSA) is 94.9 Å². The van der Waals surface area contributed by atoms with E-state index in [9.17, 15) is 14.7 Å². The van der Waals surface area contributed by atoms with E-state index < -0.39 is 12.0 Å². The van der Waals surface area contributed by atoms with Crippen LogP contribution in [0.3, 0.4) is 0 Å². The second-order valence-electron chi connectivity index (χ2n) is 9.59. The first-order valence-corrected chi connectivity index (χ1v) is 12.0. The van der Waals surface area contributed by atoms with Gasteiger partial charge in [0.25, 0.3) is 0 Å². The van der Waals surface area contributed by atoms with Gasteiger partial charge in [-0.05, 0) is 29.7 Å². The third kappa shape index (κ3) is 3.98. The SMILES string of the molecule is Cc1cccc2c1c(Cn1c(=O)n(C(CC(=O)O)c3ccccc3)c3nc(C(C)C)ncc31)cn2C. The highest BCUT2D eigenvalue weighted by Crippen LogP contribution is 2.28. The van der Waals surface area contributed by atoms with Crippen molar-refractivity contribution in [3.05, 3.63) is 93.9 Å². The third-order valence-electron chi connectivity index (χ3n) is 6.73. The zero-order chi connectivity index (χ0) is 25.6. The van der Waals surface area contributed by atoms with E-state index in [4.69, 9.17) is 4.98 Å². The van der Waals surface area contributed by atoms with Gasteiger partial charge < -0.3 is 9.67 Å². The number of aryl methyl sites for hydroxylation is 2. The molecule has 0 aliphatic rings. The molecule has 8 nitrogen and oxygen atoms in total. The van der Waals surface area contributed by atoms with Crippen LogP contribution in [0.25, 0.3) is 22.1 Å². The zero-order valence-electron chi connectivity index (χ0n) is 20.8. The Kier molecular flexibility index (Phi) is 5.96. The maximum absolute atomic E-state index is 14.1. The highest BCUT2D eigenvalue weighted by molar-refractivity contribution is 5.87. The van der Waals surface area contributed by atoms with E-state index in [2.05, 4.69) is 28.6 Å². The van der Waals surface area contributed by atoms with Crippen LogP contribution in [0, 0.1) is 6.92 Å². The minimum atomic E-state index is -0.987. The number of carboxylic acids is 1. The molecule has 5 rings (SSSR count). The fraction of sp³-hybridized carbons (Fsp3) is 0.286. The van der Waals surface area contributed by atoms with E-state index in [1.165, 1.54) is 4.57 Å². The van der Waals surface area contributed by atoms with Gasteiger partial charge in [0.15, 0.2) is 5.65 Å². The Labute approximate surface area is 208 Å². The van der Waals surface area contributed by atoms with Crippen LogP contribution in [-0.4, -0.2) is 34.7 Å². The van der Waals surface area contributed by atoms with E-state index in [1.54, 1.807) is 10.8 Å². The van der Waals surface area contributed by atoms with Crippen LogP contribution in [0.15, 0.2) is 65.7 Å². The van der Waals surface area contributed by atoms with Crippen LogP contribution >= 0.6 is 0 Å². The number of fused-ring (bicyclic) bond motifs is 2. The molecule has 1 unspecified atom stereocenters. The van der Waals surface area contributed by atoms with E-state index >= 15 is 0 Å². The summed E-state index contributed by atoms with van der Waals surface area (Å²) in [6.07, 6.45) is 3.50. The van der Waals surface area contributed by atoms with Crippen LogP contribution in [0.5, 0.6) is 0 Å². The van der Waals surface area contributed by atoms with Crippen molar-refractivity contribution >= 4 is 28.0 Å². The highest BCUT2D eigenvalue weighted by Gasteiger charge is 2.26. The molecule has 0 saturated heterocycles. The Morgan fingerprint density at radius 1 is 1.06 bits per heavy atom. The molecule has 0 radical (unpaired) electrons. The molecule has 1 atom stereocenters. The van der Waals surface area contributed by atoms with Crippen molar-refractivity contribution in [2.75, 3.05) is 0 Å². The van der Waals surface area contributed by atoms with Crippen LogP contribution in [0.1, 0.15) is 54.7 Å². The normalized spacial score (nSPS) is 12.6. The van der Waals surface area contributed by atoms with Crippen molar-refractivity contribution in [1.82, 2.24) is 23.7 Å². The number of hydrogen-bond acceptors (Lipinski definition) is 4. The molecule has 0 aliphatic carbocycles. The van der Waals surface area contributed by atoms with E-state index in [0.29, 0.717) is 23.5 Å². The van der Waals surface area contributed by atoms with Gasteiger partial charge in [-0.1, -0.05) is 56.3 Å². The summed E-state index contributed by atoms with van der Waals surface area (Å²) in [5.74, 6) is -0.326. The lowest BCUT2D eigenvalue weighted by Crippen LogP contribution is -2.30. The summed E-state index contributed by atoms with van der Waals surface area (Å²) >= 11 is 0. The Morgan fingerprint density at radius 3 is 2.50 bits per heavy atom. The van der Waals surface area contributed by atoms with Gasteiger partial charge in [0.05, 0.1) is 25.2 Å². The Hall–Kier alpha value is -4.20. The lowest BCUT2D eigenvalue weighted by molar-refractivity contribution is -0.137. The second kappa shape index (κ2) is 9.11. The maximum atomic E-state index is 14.1. The number of carbonyl (C=O) groups is 1. The lowest BCUT2D eigenvalue weighted by Gasteiger charge is -2.17. The van der Waals surface area contributed by atoms with Gasteiger partial charge in [0.1, 0.15) is 11.3 Å². The molecule has 5 aromatic rings. The largest absolute Gasteiger partial charge is 0.481 e. The van der Waals surface area contributed by atoms with Crippen molar-refractivity contribution in [2.45, 2.75) is 45.7 Å². The van der Waals surface area contributed by atoms with Crippen molar-refractivity contribution in [3.8, 4) is 0 Å². The molecule has 0 amide bonds. The van der Waals surface area contributed by atoms with Gasteiger partial charge >= 0.3 is 11.7 Å². The quantitative estimate of drug-likeness (QED) is 0.364. The number of aromatic nitrogens is 5. The molecule has 0 bridgehead atoms. The summed E-state index contributed by atoms with van der Waals surface area (Å²) in [6, 6.07) is 14.7. The first-order chi connectivity index (χ1) is 17.3. The molecule has 0 fully saturated rings. The van der Waals surface area contributed by atoms with Crippen LogP contribution in [-0.2, 0) is 18.4 Å². The van der Waals surface area contributed by atoms with Crippen molar-refractivity contribution < 1.29 is 9.90 Å². The molecule has 0 spiro atoms. The Balaban J connectivity index is 1.77. The molecule has 0 aliphatic heterocycles. The summed E-state index contributed by atoms with van der Waals surface area (Å²) < 4.78 is 5.26. The summed E-state index contributed by atoms with van der Waals surface area (Å²) in [4.78, 5) is 35.3. The number of aliphatic carboxylic acids is 1. The smallest absolute Gasteiger partial charge is 0.331 e. The van der Waals surface area contributed by atoms with Gasteiger partial charge in [-0.15, -0.1) is 0 Å². The summed E-state index contributed by atoms with van der Waals surface area (Å²) in [6.45, 7) is 6.37. The van der Waals surface area contributed by atoms with E-state index in [0.717, 1.165) is 27.6 Å². The van der Waals surface area contributed by atoms with Gasteiger partial charge in [-0.25, -0.2) is 14.8 Å². The fourth-order valence-corrected chi connectivity index (χ4v) is 5.00. The third-order valence-corrected chi connectivity index (χ3v) is 6.73. The molecular formula is C28H29N5O3. The molecule has 184 valence electrons. The van der Waals surface area contributed by atoms with Gasteiger partial charge in [0, 0.05) is 30.1 Å². The molecule has 3 aromatic heterocycles. The van der Waals surface area contributed by atoms with E-state index in [-0.39, 0.29) is 18.0 Å². The molecule has 8 heteroatoms. The highest BCUT2D eigenvalue weighted by atomic mass is 16.4. The number of hydrogen-bond donors (Lipinski definition) is 1. The predicted octanol–water partition coefficient (Wildman–Crippen LogP) is 4.63. The Bertz CT molecular complexity index is 1640. The minimum Gasteiger partial charge on any atom is -0.481 e. The van der Waals surface area contributed by atoms with Crippen molar-refractivity contribution in [2.24, 2.45) is 7.05 Å². The minimum absolute atomic E-state index is 0.0525. The molecule has 36 heavy (non-hydrogen) atoms. The van der Waals surface area contributed by atoms with Crippen molar-refractivity contribution in [1.29, 1.82) is 0 Å². The average Bonchev–Trinajstić information content (AvgIpc) is 3.32. The number of benzene rings is 2. The summed E-state index contributed by atoms with van der Waals surface area (Å²) in [7, 11) is 1.99. The van der Waals surface area contributed by atoms with Crippen LogP contribution in [0.4, 0.5) is 0 Å². The second-order valence-corrected chi connectivity index (χ2v) is 9.59. The number of rotatable bonds is 7. The van der Waals surface area contributed by atoms with Gasteiger partial charge in [0.2, 0.25) is 0 Å². The molecule has 2 aromatic carbocycles. The van der Waals surface area contributed by atoms with Gasteiger partial charge in [-0.3, -0.25) is 13.9 Å². The molecule has 0 saturated carbocycles. The fourth-order valence-electron chi connectivity index (χ4n) is 5.00. The number of carboxylic acid groups (broad SMARTS) is 1. The molecular weight excluding hydrogens is 454 g/mol. The zero-order valence-corrected chi connectivity index (χ0v) is 20.8. The first-order valence-electron chi connectivity index (χ1n) is 12.0. The van der Waals surface area contributed by atoms with Crippen molar-refractivity contribution in [3.63, 3.8) is 0 Å². The summed E-state index contributed by atoms with van der Waals surface area (Å²) in [5, 5.41) is 10.9. The lowest BCUT2D eigenvalue weighted by atomic mass is 10.0. The van der Waals surface area contributed by atoms with Crippen LogP contribution < -0.4 is 5.69 Å². The predicted molar refractivity (Wildman–Crippen MR) is 139 cm³/mol. The average molecular weight is 484 g/mol. The van der Waals surface area contributed by atoms with Gasteiger partial charge in [-0.2, -0.15) is 0 Å². The number of nitrogens with zero attached hydrogens (tertiary/aromatic N) is 5. The monoisotopic (exact) mass is 483 g/mol. The standard InChI is InChI=1S/C28H29N5O3/c1-17(2)26-29-14-23-27(30-26)33(22(13-24(34)35)19-10-6-5-7-11-19)28(36)32(23)16-20-15-31(4)21-12-8-9-18(3)25(20)21/h5-12,14-15,17,22H,13,16H2,1-4H3,(H,34,35). The summed E-state index contributed by atoms with van der Waals surface area (Å²) in [5.41, 5.74) is 4.70. The van der Waals surface area contributed by atoms with E-state index in [1.807, 2.05) is 63.5 Å². The first kappa shape index (κ1) is 23.5. The molecule has 1 N–H and O–H groups in total. The maximum Gasteiger partial charge on any atom is 0.331 e. The Morgan fingerprint density at radius 2 is 1.81 bits per heavy atom. The number of imidazole rings is 1. The molecule has 3 heterocycles. The van der Waals surface area contributed by atoms with Crippen LogP contribution in [0.2, 0.25) is 0 Å².